The minimum absolute atomic E-state index is 0.0114. The van der Waals surface area contributed by atoms with Gasteiger partial charge in [0.05, 0.1) is 10.3 Å². The van der Waals surface area contributed by atoms with E-state index < -0.39 is 5.97 Å². The van der Waals surface area contributed by atoms with Crippen molar-refractivity contribution in [2.75, 3.05) is 0 Å². The van der Waals surface area contributed by atoms with Crippen LogP contribution < -0.4 is 5.56 Å². The number of thiophene rings is 1. The number of carboxylic acids is 1. The fourth-order valence-electron chi connectivity index (χ4n) is 2.49. The largest absolute Gasteiger partial charge is 0.476 e. The number of aromatic nitrogens is 2. The molecule has 0 aliphatic heterocycles. The molecule has 0 bridgehead atoms. The second-order valence-corrected chi connectivity index (χ2v) is 6.18. The van der Waals surface area contributed by atoms with Crippen LogP contribution in [0.4, 0.5) is 0 Å². The van der Waals surface area contributed by atoms with E-state index in [2.05, 4.69) is 5.10 Å². The molecule has 0 fully saturated rings. The van der Waals surface area contributed by atoms with E-state index in [9.17, 15) is 19.5 Å². The van der Waals surface area contributed by atoms with Crippen LogP contribution in [0.5, 0.6) is 0 Å². The van der Waals surface area contributed by atoms with Crippen molar-refractivity contribution in [3.8, 4) is 0 Å². The third-order valence-electron chi connectivity index (χ3n) is 3.64. The molecular formula is C17H14N2O4S. The van der Waals surface area contributed by atoms with Crippen molar-refractivity contribution in [2.45, 2.75) is 19.4 Å². The fraction of sp³-hybridized carbons (Fsp3) is 0.176. The van der Waals surface area contributed by atoms with Gasteiger partial charge in [-0.25, -0.2) is 9.48 Å². The molecule has 6 nitrogen and oxygen atoms in total. The normalized spacial score (nSPS) is 10.8. The maximum atomic E-state index is 12.4. The van der Waals surface area contributed by atoms with Crippen LogP contribution in [0.2, 0.25) is 0 Å². The molecule has 3 aromatic rings. The zero-order valence-electron chi connectivity index (χ0n) is 12.6. The number of ketones is 1. The monoisotopic (exact) mass is 342 g/mol. The average molecular weight is 342 g/mol. The molecule has 0 atom stereocenters. The second-order valence-electron chi connectivity index (χ2n) is 5.23. The van der Waals surface area contributed by atoms with Gasteiger partial charge in [0.2, 0.25) is 0 Å². The molecule has 0 aliphatic carbocycles. The Balaban J connectivity index is 1.84. The Kier molecular flexibility index (Phi) is 4.52. The number of benzene rings is 1. The standard InChI is InChI=1S/C17H14N2O4S/c20-13(14-8-4-10-24-14)7-3-9-19-16(21)12-6-2-1-5-11(12)15(18-19)17(22)23/h1-2,4-6,8,10H,3,7,9H2,(H,22,23). The minimum Gasteiger partial charge on any atom is -0.476 e. The van der Waals surface area contributed by atoms with Crippen LogP contribution in [-0.4, -0.2) is 26.6 Å². The summed E-state index contributed by atoms with van der Waals surface area (Å²) in [6.07, 6.45) is 0.699. The van der Waals surface area contributed by atoms with E-state index in [-0.39, 0.29) is 30.0 Å². The molecule has 24 heavy (non-hydrogen) atoms. The summed E-state index contributed by atoms with van der Waals surface area (Å²) in [6, 6.07) is 10.1. The highest BCUT2D eigenvalue weighted by molar-refractivity contribution is 7.12. The average Bonchev–Trinajstić information content (AvgIpc) is 3.11. The van der Waals surface area contributed by atoms with Gasteiger partial charge in [-0.2, -0.15) is 5.10 Å². The zero-order valence-corrected chi connectivity index (χ0v) is 13.5. The van der Waals surface area contributed by atoms with Gasteiger partial charge in [-0.3, -0.25) is 9.59 Å². The summed E-state index contributed by atoms with van der Waals surface area (Å²) in [6.45, 7) is 0.195. The van der Waals surface area contributed by atoms with Crippen LogP contribution >= 0.6 is 11.3 Å². The summed E-state index contributed by atoms with van der Waals surface area (Å²) >= 11 is 1.38. The maximum Gasteiger partial charge on any atom is 0.357 e. The smallest absolute Gasteiger partial charge is 0.357 e. The fourth-order valence-corrected chi connectivity index (χ4v) is 3.19. The molecule has 7 heteroatoms. The van der Waals surface area contributed by atoms with Crippen LogP contribution in [0, 0.1) is 0 Å². The Labute approximate surface area is 141 Å². The molecule has 0 radical (unpaired) electrons. The van der Waals surface area contributed by atoms with Crippen molar-refractivity contribution in [1.82, 2.24) is 9.78 Å². The van der Waals surface area contributed by atoms with Gasteiger partial charge in [0.25, 0.3) is 5.56 Å². The Bertz CT molecular complexity index is 960. The van der Waals surface area contributed by atoms with Gasteiger partial charge in [-0.05, 0) is 23.9 Å². The summed E-state index contributed by atoms with van der Waals surface area (Å²) in [7, 11) is 0. The van der Waals surface area contributed by atoms with E-state index in [0.29, 0.717) is 22.1 Å². The second kappa shape index (κ2) is 6.76. The molecule has 0 amide bonds. The van der Waals surface area contributed by atoms with Gasteiger partial charge in [0.15, 0.2) is 11.5 Å². The molecule has 1 aromatic carbocycles. The summed E-state index contributed by atoms with van der Waals surface area (Å²) in [4.78, 5) is 36.5. The molecule has 0 aliphatic rings. The molecular weight excluding hydrogens is 328 g/mol. The van der Waals surface area contributed by atoms with Gasteiger partial charge in [0.1, 0.15) is 0 Å². The first kappa shape index (κ1) is 16.1. The highest BCUT2D eigenvalue weighted by Gasteiger charge is 2.15. The highest BCUT2D eigenvalue weighted by atomic mass is 32.1. The number of aryl methyl sites for hydroxylation is 1. The first-order valence-electron chi connectivity index (χ1n) is 7.38. The molecule has 0 unspecified atom stereocenters. The highest BCUT2D eigenvalue weighted by Crippen LogP contribution is 2.15. The quantitative estimate of drug-likeness (QED) is 0.696. The number of Topliss-reactive ketones (excluding diaryl/α,β-unsaturated/α-hetero) is 1. The summed E-state index contributed by atoms with van der Waals surface area (Å²) in [5.41, 5.74) is -0.506. The predicted molar refractivity (Wildman–Crippen MR) is 90.8 cm³/mol. The van der Waals surface area contributed by atoms with Crippen molar-refractivity contribution >= 4 is 33.9 Å². The Morgan fingerprint density at radius 2 is 1.88 bits per heavy atom. The van der Waals surface area contributed by atoms with Gasteiger partial charge in [-0.15, -0.1) is 11.3 Å². The lowest BCUT2D eigenvalue weighted by molar-refractivity contribution is 0.0689. The number of hydrogen-bond acceptors (Lipinski definition) is 5. The predicted octanol–water partition coefficient (Wildman–Crippen LogP) is 2.82. The first-order valence-corrected chi connectivity index (χ1v) is 8.26. The Morgan fingerprint density at radius 1 is 1.12 bits per heavy atom. The number of fused-ring (bicyclic) bond motifs is 1. The number of aromatic carboxylic acids is 1. The topological polar surface area (TPSA) is 89.3 Å². The van der Waals surface area contributed by atoms with Gasteiger partial charge >= 0.3 is 5.97 Å². The van der Waals surface area contributed by atoms with Crippen LogP contribution in [0.1, 0.15) is 33.0 Å². The van der Waals surface area contributed by atoms with E-state index in [0.717, 1.165) is 4.68 Å². The van der Waals surface area contributed by atoms with Crippen molar-refractivity contribution in [3.63, 3.8) is 0 Å². The molecule has 0 saturated carbocycles. The van der Waals surface area contributed by atoms with E-state index in [1.807, 2.05) is 11.4 Å². The van der Waals surface area contributed by atoms with Crippen molar-refractivity contribution in [2.24, 2.45) is 0 Å². The third kappa shape index (κ3) is 3.11. The SMILES string of the molecule is O=C(CCCn1nc(C(=O)O)c2ccccc2c1=O)c1cccs1. The van der Waals surface area contributed by atoms with Crippen molar-refractivity contribution < 1.29 is 14.7 Å². The lowest BCUT2D eigenvalue weighted by Crippen LogP contribution is -2.26. The van der Waals surface area contributed by atoms with E-state index in [1.165, 1.54) is 11.3 Å². The van der Waals surface area contributed by atoms with E-state index >= 15 is 0 Å². The number of carbonyl (C=O) groups is 2. The molecule has 2 aromatic heterocycles. The van der Waals surface area contributed by atoms with Crippen molar-refractivity contribution in [1.29, 1.82) is 0 Å². The van der Waals surface area contributed by atoms with Gasteiger partial charge < -0.3 is 5.11 Å². The zero-order chi connectivity index (χ0) is 17.1. The van der Waals surface area contributed by atoms with E-state index in [4.69, 9.17) is 0 Å². The van der Waals surface area contributed by atoms with Crippen LogP contribution in [-0.2, 0) is 6.54 Å². The summed E-state index contributed by atoms with van der Waals surface area (Å²) < 4.78 is 1.13. The first-order chi connectivity index (χ1) is 11.6. The maximum absolute atomic E-state index is 12.4. The van der Waals surface area contributed by atoms with Crippen molar-refractivity contribution in [3.05, 3.63) is 62.7 Å². The molecule has 0 spiro atoms. The lowest BCUT2D eigenvalue weighted by Gasteiger charge is -2.08. The molecule has 0 saturated heterocycles. The van der Waals surface area contributed by atoms with E-state index in [1.54, 1.807) is 30.3 Å². The minimum atomic E-state index is -1.19. The number of rotatable bonds is 6. The molecule has 1 N–H and O–H groups in total. The number of nitrogens with zero attached hydrogens (tertiary/aromatic N) is 2. The van der Waals surface area contributed by atoms with Gasteiger partial charge in [-0.1, -0.05) is 24.3 Å². The Morgan fingerprint density at radius 3 is 2.54 bits per heavy atom. The summed E-state index contributed by atoms with van der Waals surface area (Å²) in [5.74, 6) is -1.17. The lowest BCUT2D eigenvalue weighted by atomic mass is 10.1. The third-order valence-corrected chi connectivity index (χ3v) is 4.55. The Hall–Kier alpha value is -2.80. The molecule has 122 valence electrons. The number of carboxylic acid groups (broad SMARTS) is 1. The molecule has 3 rings (SSSR count). The van der Waals surface area contributed by atoms with Crippen LogP contribution in [0.3, 0.4) is 0 Å². The summed E-state index contributed by atoms with van der Waals surface area (Å²) in [5, 5.41) is 15.7. The number of hydrogen-bond donors (Lipinski definition) is 1. The van der Waals surface area contributed by atoms with Gasteiger partial charge in [0, 0.05) is 18.4 Å². The molecule has 2 heterocycles. The number of carbonyl (C=O) groups excluding carboxylic acids is 1. The van der Waals surface area contributed by atoms with Crippen LogP contribution in [0.25, 0.3) is 10.8 Å². The van der Waals surface area contributed by atoms with Crippen LogP contribution in [0.15, 0.2) is 46.6 Å².